The van der Waals surface area contributed by atoms with Crippen LogP contribution in [-0.4, -0.2) is 17.5 Å². The van der Waals surface area contributed by atoms with Crippen molar-refractivity contribution in [3.05, 3.63) is 0 Å². The SMILES string of the molecule is N.O=S(=O)([O-])[O-].[Cu+2].[Zn+2]. The van der Waals surface area contributed by atoms with Crippen LogP contribution in [0.5, 0.6) is 0 Å². The Hall–Kier alpha value is 0.973. The zero-order chi connectivity index (χ0) is 4.50. The molecule has 0 heterocycles. The average molecular weight is 242 g/mol. The van der Waals surface area contributed by atoms with E-state index >= 15 is 0 Å². The van der Waals surface area contributed by atoms with Gasteiger partial charge in [-0.05, 0) is 0 Å². The second-order valence-electron chi connectivity index (χ2n) is 0.408. The van der Waals surface area contributed by atoms with E-state index < -0.39 is 10.4 Å². The normalized spacial score (nSPS) is 7.25. The predicted molar refractivity (Wildman–Crippen MR) is 15.5 cm³/mol. The maximum absolute atomic E-state index is 8.52. The van der Waals surface area contributed by atoms with Crippen LogP contribution in [0.4, 0.5) is 0 Å². The molecule has 5 nitrogen and oxygen atoms in total. The summed E-state index contributed by atoms with van der Waals surface area (Å²) in [6, 6.07) is 0. The largest absolute Gasteiger partial charge is 2.00 e. The number of hydrogen-bond acceptors (Lipinski definition) is 5. The molecule has 1 radical (unpaired) electrons. The van der Waals surface area contributed by atoms with Crippen LogP contribution in [0.15, 0.2) is 0 Å². The second-order valence-corrected chi connectivity index (χ2v) is 1.22. The Balaban J connectivity index is -0.0000000267. The molecule has 0 spiro atoms. The standard InChI is InChI=1S/Cu.H3N.H2O4S.Zn/c;;1-5(2,3)4;/h;1H3;(H2,1,2,3,4);/q+2;;;+2/p-2. The van der Waals surface area contributed by atoms with E-state index in [0.29, 0.717) is 0 Å². The molecule has 0 saturated carbocycles. The summed E-state index contributed by atoms with van der Waals surface area (Å²) < 4.78 is 34.1. The molecule has 0 amide bonds. The fourth-order valence-corrected chi connectivity index (χ4v) is 0. The molecular formula is H3CuNO4SZn+2. The molecule has 0 unspecified atom stereocenters. The van der Waals surface area contributed by atoms with Crippen molar-refractivity contribution < 1.29 is 54.1 Å². The van der Waals surface area contributed by atoms with Crippen LogP contribution in [0.3, 0.4) is 0 Å². The molecule has 49 valence electrons. The minimum atomic E-state index is -5.17. The van der Waals surface area contributed by atoms with Crippen molar-refractivity contribution in [2.75, 3.05) is 0 Å². The van der Waals surface area contributed by atoms with Gasteiger partial charge in [-0.2, -0.15) is 0 Å². The summed E-state index contributed by atoms with van der Waals surface area (Å²) in [5.74, 6) is 0. The summed E-state index contributed by atoms with van der Waals surface area (Å²) in [6.07, 6.45) is 0. The first-order valence-corrected chi connectivity index (χ1v) is 2.00. The minimum Gasteiger partial charge on any atom is -0.759 e. The molecule has 8 heteroatoms. The Morgan fingerprint density at radius 2 is 1.12 bits per heavy atom. The second kappa shape index (κ2) is 7.97. The maximum Gasteiger partial charge on any atom is 2.00 e. The van der Waals surface area contributed by atoms with E-state index in [1.807, 2.05) is 0 Å². The minimum absolute atomic E-state index is 0. The van der Waals surface area contributed by atoms with Gasteiger partial charge in [-0.15, -0.1) is 0 Å². The van der Waals surface area contributed by atoms with Crippen molar-refractivity contribution in [1.82, 2.24) is 6.15 Å². The Kier molecular flexibility index (Phi) is 23.0. The van der Waals surface area contributed by atoms with E-state index in [-0.39, 0.29) is 42.7 Å². The summed E-state index contributed by atoms with van der Waals surface area (Å²) in [5.41, 5.74) is 0. The smallest absolute Gasteiger partial charge is 0.759 e. The molecular weight excluding hydrogens is 239 g/mol. The molecule has 3 N–H and O–H groups in total. The monoisotopic (exact) mass is 240 g/mol. The first-order valence-electron chi connectivity index (χ1n) is 0.667. The van der Waals surface area contributed by atoms with Gasteiger partial charge >= 0.3 is 36.5 Å². The third kappa shape index (κ3) is 263. The van der Waals surface area contributed by atoms with Crippen molar-refractivity contribution in [3.63, 3.8) is 0 Å². The molecule has 0 aromatic rings. The first kappa shape index (κ1) is 23.1. The molecule has 0 aromatic heterocycles. The van der Waals surface area contributed by atoms with E-state index in [4.69, 9.17) is 17.5 Å². The van der Waals surface area contributed by atoms with E-state index in [1.54, 1.807) is 0 Å². The van der Waals surface area contributed by atoms with E-state index in [9.17, 15) is 0 Å². The maximum atomic E-state index is 8.52. The van der Waals surface area contributed by atoms with Crippen molar-refractivity contribution in [3.8, 4) is 0 Å². The first-order chi connectivity index (χ1) is 2.00. The summed E-state index contributed by atoms with van der Waals surface area (Å²) in [5, 5.41) is 0. The zero-order valence-electron chi connectivity index (χ0n) is 3.76. The van der Waals surface area contributed by atoms with Crippen LogP contribution in [0.1, 0.15) is 0 Å². The van der Waals surface area contributed by atoms with Gasteiger partial charge in [-0.1, -0.05) is 0 Å². The fourth-order valence-electron chi connectivity index (χ4n) is 0. The van der Waals surface area contributed by atoms with Gasteiger partial charge in [-0.25, -0.2) is 0 Å². The van der Waals surface area contributed by atoms with E-state index in [2.05, 4.69) is 0 Å². The van der Waals surface area contributed by atoms with Gasteiger partial charge in [0, 0.05) is 10.4 Å². The summed E-state index contributed by atoms with van der Waals surface area (Å²) in [4.78, 5) is 0. The van der Waals surface area contributed by atoms with E-state index in [1.165, 1.54) is 0 Å². The van der Waals surface area contributed by atoms with Crippen molar-refractivity contribution in [1.29, 1.82) is 0 Å². The Morgan fingerprint density at radius 1 is 1.12 bits per heavy atom. The van der Waals surface area contributed by atoms with Crippen molar-refractivity contribution in [2.45, 2.75) is 0 Å². The summed E-state index contributed by atoms with van der Waals surface area (Å²) >= 11 is 0. The van der Waals surface area contributed by atoms with Gasteiger partial charge in [0.25, 0.3) is 0 Å². The quantitative estimate of drug-likeness (QED) is 0.326. The fraction of sp³-hybridized carbons (Fsp3) is 0. The van der Waals surface area contributed by atoms with Gasteiger partial charge in [0.05, 0.1) is 0 Å². The topological polar surface area (TPSA) is 115 Å². The third-order valence-corrected chi connectivity index (χ3v) is 0. The third-order valence-electron chi connectivity index (χ3n) is 0. The Labute approximate surface area is 70.6 Å². The zero-order valence-corrected chi connectivity index (χ0v) is 8.48. The molecule has 0 aromatic carbocycles. The number of rotatable bonds is 0. The predicted octanol–water partition coefficient (Wildman–Crippen LogP) is -1.18. The van der Waals surface area contributed by atoms with Crippen LogP contribution in [0, 0.1) is 0 Å². The Bertz CT molecular complexity index is 99.2. The molecule has 0 aliphatic heterocycles. The van der Waals surface area contributed by atoms with Gasteiger partial charge < -0.3 is 15.3 Å². The van der Waals surface area contributed by atoms with Gasteiger partial charge in [0.15, 0.2) is 0 Å². The molecule has 0 atom stereocenters. The molecule has 0 bridgehead atoms. The van der Waals surface area contributed by atoms with Crippen LogP contribution in [-0.2, 0) is 46.9 Å². The number of hydrogen-bond donors (Lipinski definition) is 1. The van der Waals surface area contributed by atoms with Gasteiger partial charge in [0.1, 0.15) is 0 Å². The molecule has 0 aliphatic rings. The van der Waals surface area contributed by atoms with Crippen LogP contribution in [0.25, 0.3) is 0 Å². The average Bonchev–Trinajstić information content (AvgIpc) is 0.722. The summed E-state index contributed by atoms with van der Waals surface area (Å²) in [6.45, 7) is 0. The van der Waals surface area contributed by atoms with Crippen LogP contribution in [0.2, 0.25) is 0 Å². The molecule has 0 saturated heterocycles. The van der Waals surface area contributed by atoms with Crippen molar-refractivity contribution >= 4 is 10.4 Å². The van der Waals surface area contributed by atoms with Gasteiger partial charge in [0.2, 0.25) is 0 Å². The van der Waals surface area contributed by atoms with E-state index in [0.717, 1.165) is 0 Å². The molecule has 8 heavy (non-hydrogen) atoms. The van der Waals surface area contributed by atoms with Gasteiger partial charge in [-0.3, -0.25) is 8.42 Å². The van der Waals surface area contributed by atoms with Crippen LogP contribution < -0.4 is 6.15 Å². The summed E-state index contributed by atoms with van der Waals surface area (Å²) in [7, 11) is -5.17. The molecule has 0 aliphatic carbocycles. The van der Waals surface area contributed by atoms with Crippen molar-refractivity contribution in [2.24, 2.45) is 0 Å². The van der Waals surface area contributed by atoms with Crippen LogP contribution >= 0.6 is 0 Å². The molecule has 0 fully saturated rings. The molecule has 0 rings (SSSR count). The Morgan fingerprint density at radius 3 is 1.12 bits per heavy atom.